The molecular weight excluding hydrogens is 440 g/mol. The minimum atomic E-state index is -0.153. The molecule has 0 bridgehead atoms. The first-order valence-corrected chi connectivity index (χ1v) is 11.5. The van der Waals surface area contributed by atoms with Gasteiger partial charge in [-0.2, -0.15) is 0 Å². The van der Waals surface area contributed by atoms with Crippen LogP contribution in [0.4, 0.5) is 5.69 Å². The molecule has 1 amide bonds. The van der Waals surface area contributed by atoms with Crippen molar-refractivity contribution in [1.29, 1.82) is 0 Å². The van der Waals surface area contributed by atoms with Crippen LogP contribution in [0.15, 0.2) is 60.3 Å². The van der Waals surface area contributed by atoms with E-state index in [4.69, 9.17) is 14.2 Å². The van der Waals surface area contributed by atoms with Gasteiger partial charge < -0.3 is 19.5 Å². The summed E-state index contributed by atoms with van der Waals surface area (Å²) in [6.45, 7) is 9.00. The van der Waals surface area contributed by atoms with Crippen molar-refractivity contribution in [3.05, 3.63) is 66.5 Å². The molecular formula is C24H28N4O4S. The molecule has 0 saturated carbocycles. The van der Waals surface area contributed by atoms with Crippen molar-refractivity contribution in [1.82, 2.24) is 14.8 Å². The van der Waals surface area contributed by atoms with Crippen LogP contribution in [0.2, 0.25) is 0 Å². The monoisotopic (exact) mass is 468 g/mol. The maximum absolute atomic E-state index is 12.4. The summed E-state index contributed by atoms with van der Waals surface area (Å²) < 4.78 is 18.7. The normalized spacial score (nSPS) is 10.5. The number of aromatic nitrogens is 3. The summed E-state index contributed by atoms with van der Waals surface area (Å²) in [6.07, 6.45) is 1.75. The highest BCUT2D eigenvalue weighted by atomic mass is 32.2. The first kappa shape index (κ1) is 24.2. The highest BCUT2D eigenvalue weighted by Gasteiger charge is 2.15. The number of carbonyl (C=O) groups excluding carboxylic acids is 1. The van der Waals surface area contributed by atoms with E-state index < -0.39 is 0 Å². The van der Waals surface area contributed by atoms with E-state index in [0.29, 0.717) is 47.1 Å². The third-order valence-corrected chi connectivity index (χ3v) is 5.51. The number of ether oxygens (including phenoxy) is 3. The lowest BCUT2D eigenvalue weighted by atomic mass is 10.2. The predicted octanol–water partition coefficient (Wildman–Crippen LogP) is 4.49. The van der Waals surface area contributed by atoms with Crippen LogP contribution in [0.25, 0.3) is 0 Å². The molecule has 1 aromatic heterocycles. The van der Waals surface area contributed by atoms with Crippen molar-refractivity contribution in [3.8, 4) is 17.2 Å². The maximum Gasteiger partial charge on any atom is 0.234 e. The van der Waals surface area contributed by atoms with E-state index in [1.807, 2.05) is 54.8 Å². The topological polar surface area (TPSA) is 87.5 Å². The fourth-order valence-electron chi connectivity index (χ4n) is 3.02. The Labute approximate surface area is 198 Å². The standard InChI is InChI=1S/C24H28N4O4S/c1-5-12-28-22(15-32-20-11-10-17(3)13-21(20)31-6-2)26-27-24(28)33-16-23(29)25-18-8-7-9-19(14-18)30-4/h5,7-11,13-14H,1,6,12,15-16H2,2-4H3,(H,25,29). The van der Waals surface area contributed by atoms with Crippen LogP contribution in [-0.2, 0) is 17.9 Å². The van der Waals surface area contributed by atoms with Gasteiger partial charge >= 0.3 is 0 Å². The third kappa shape index (κ3) is 6.76. The molecule has 0 saturated heterocycles. The van der Waals surface area contributed by atoms with Crippen molar-refractivity contribution >= 4 is 23.4 Å². The molecule has 1 N–H and O–H groups in total. The lowest BCUT2D eigenvalue weighted by molar-refractivity contribution is -0.113. The second-order valence-electron chi connectivity index (χ2n) is 7.04. The fourth-order valence-corrected chi connectivity index (χ4v) is 3.78. The number of amides is 1. The van der Waals surface area contributed by atoms with Gasteiger partial charge in [-0.15, -0.1) is 16.8 Å². The minimum absolute atomic E-state index is 0.153. The quantitative estimate of drug-likeness (QED) is 0.309. The van der Waals surface area contributed by atoms with Crippen molar-refractivity contribution in [3.63, 3.8) is 0 Å². The van der Waals surface area contributed by atoms with Gasteiger partial charge in [-0.05, 0) is 43.7 Å². The number of benzene rings is 2. The summed E-state index contributed by atoms with van der Waals surface area (Å²) in [5.74, 6) is 2.67. The number of anilines is 1. The average molecular weight is 469 g/mol. The summed E-state index contributed by atoms with van der Waals surface area (Å²) in [6, 6.07) is 13.0. The van der Waals surface area contributed by atoms with Crippen molar-refractivity contribution in [2.75, 3.05) is 24.8 Å². The van der Waals surface area contributed by atoms with Gasteiger partial charge in [0.05, 0.1) is 19.5 Å². The summed E-state index contributed by atoms with van der Waals surface area (Å²) in [4.78, 5) is 12.4. The molecule has 2 aromatic carbocycles. The van der Waals surface area contributed by atoms with Crippen molar-refractivity contribution < 1.29 is 19.0 Å². The largest absolute Gasteiger partial charge is 0.497 e. The zero-order valence-corrected chi connectivity index (χ0v) is 19.9. The Morgan fingerprint density at radius 3 is 2.79 bits per heavy atom. The Balaban J connectivity index is 1.64. The molecule has 0 spiro atoms. The highest BCUT2D eigenvalue weighted by molar-refractivity contribution is 7.99. The number of allylic oxidation sites excluding steroid dienone is 1. The third-order valence-electron chi connectivity index (χ3n) is 4.55. The van der Waals surface area contributed by atoms with Crippen LogP contribution in [-0.4, -0.2) is 40.1 Å². The van der Waals surface area contributed by atoms with Gasteiger partial charge in [0.1, 0.15) is 12.4 Å². The Morgan fingerprint density at radius 1 is 1.18 bits per heavy atom. The van der Waals surface area contributed by atoms with Crippen LogP contribution in [0.3, 0.4) is 0 Å². The van der Waals surface area contributed by atoms with E-state index >= 15 is 0 Å². The molecule has 9 heteroatoms. The number of aryl methyl sites for hydroxylation is 1. The molecule has 0 aliphatic carbocycles. The van der Waals surface area contributed by atoms with Crippen LogP contribution >= 0.6 is 11.8 Å². The number of nitrogens with one attached hydrogen (secondary N) is 1. The van der Waals surface area contributed by atoms with Crippen LogP contribution in [0.5, 0.6) is 17.2 Å². The van der Waals surface area contributed by atoms with Crippen molar-refractivity contribution in [2.24, 2.45) is 0 Å². The van der Waals surface area contributed by atoms with E-state index in [9.17, 15) is 4.79 Å². The van der Waals surface area contributed by atoms with Crippen LogP contribution < -0.4 is 19.5 Å². The van der Waals surface area contributed by atoms with Crippen molar-refractivity contribution in [2.45, 2.75) is 32.2 Å². The second kappa shape index (κ2) is 12.0. The molecule has 0 radical (unpaired) electrons. The summed E-state index contributed by atoms with van der Waals surface area (Å²) in [5.41, 5.74) is 1.76. The number of carbonyl (C=O) groups is 1. The maximum atomic E-state index is 12.4. The van der Waals surface area contributed by atoms with Crippen LogP contribution in [0, 0.1) is 6.92 Å². The SMILES string of the molecule is C=CCn1c(COc2ccc(C)cc2OCC)nnc1SCC(=O)Nc1cccc(OC)c1. The molecule has 33 heavy (non-hydrogen) atoms. The Bertz CT molecular complexity index is 1100. The summed E-state index contributed by atoms with van der Waals surface area (Å²) in [7, 11) is 1.58. The molecule has 174 valence electrons. The van der Waals surface area contributed by atoms with Gasteiger partial charge in [0.2, 0.25) is 5.91 Å². The first-order valence-electron chi connectivity index (χ1n) is 10.5. The van der Waals surface area contributed by atoms with Gasteiger partial charge in [0.15, 0.2) is 22.5 Å². The molecule has 0 aliphatic rings. The molecule has 0 unspecified atom stereocenters. The van der Waals surface area contributed by atoms with Crippen LogP contribution in [0.1, 0.15) is 18.3 Å². The van der Waals surface area contributed by atoms with Gasteiger partial charge in [-0.3, -0.25) is 9.36 Å². The Hall–Kier alpha value is -3.46. The fraction of sp³-hybridized carbons (Fsp3) is 0.292. The van der Waals surface area contributed by atoms with Gasteiger partial charge in [0, 0.05) is 18.3 Å². The molecule has 1 heterocycles. The molecule has 0 aliphatic heterocycles. The van der Waals surface area contributed by atoms with Gasteiger partial charge in [-0.1, -0.05) is 30.0 Å². The lowest BCUT2D eigenvalue weighted by Gasteiger charge is -2.13. The lowest BCUT2D eigenvalue weighted by Crippen LogP contribution is -2.15. The first-order chi connectivity index (χ1) is 16.0. The summed E-state index contributed by atoms with van der Waals surface area (Å²) in [5, 5.41) is 12.0. The number of methoxy groups -OCH3 is 1. The van der Waals surface area contributed by atoms with Gasteiger partial charge in [0.25, 0.3) is 0 Å². The van der Waals surface area contributed by atoms with E-state index in [0.717, 1.165) is 5.56 Å². The molecule has 3 rings (SSSR count). The second-order valence-corrected chi connectivity index (χ2v) is 7.98. The number of thioether (sulfide) groups is 1. The molecule has 0 atom stereocenters. The van der Waals surface area contributed by atoms with E-state index in [1.54, 1.807) is 19.3 Å². The highest BCUT2D eigenvalue weighted by Crippen LogP contribution is 2.29. The number of hydrogen-bond acceptors (Lipinski definition) is 7. The number of hydrogen-bond donors (Lipinski definition) is 1. The van der Waals surface area contributed by atoms with E-state index in [1.165, 1.54) is 11.8 Å². The minimum Gasteiger partial charge on any atom is -0.497 e. The molecule has 0 fully saturated rings. The smallest absolute Gasteiger partial charge is 0.234 e. The Morgan fingerprint density at radius 2 is 2.03 bits per heavy atom. The zero-order chi connectivity index (χ0) is 23.6. The van der Waals surface area contributed by atoms with E-state index in [-0.39, 0.29) is 18.3 Å². The average Bonchev–Trinajstić information content (AvgIpc) is 3.19. The summed E-state index contributed by atoms with van der Waals surface area (Å²) >= 11 is 1.30. The van der Waals surface area contributed by atoms with Gasteiger partial charge in [-0.25, -0.2) is 0 Å². The zero-order valence-electron chi connectivity index (χ0n) is 19.0. The molecule has 8 nitrogen and oxygen atoms in total. The van der Waals surface area contributed by atoms with E-state index in [2.05, 4.69) is 22.1 Å². The predicted molar refractivity (Wildman–Crippen MR) is 129 cm³/mol. The number of nitrogens with zero attached hydrogens (tertiary/aromatic N) is 3. The Kier molecular flexibility index (Phi) is 8.77. The number of rotatable bonds is 12. The molecule has 3 aromatic rings.